The minimum Gasteiger partial charge on any atom is -0.378 e. The van der Waals surface area contributed by atoms with Crippen LogP contribution < -0.4 is 10.9 Å². The number of nitrogens with one attached hydrogen (secondary N) is 1. The van der Waals surface area contributed by atoms with E-state index in [1.165, 1.54) is 0 Å². The summed E-state index contributed by atoms with van der Waals surface area (Å²) in [5.74, 6) is 0. The van der Waals surface area contributed by atoms with Gasteiger partial charge in [-0.2, -0.15) is 0 Å². The van der Waals surface area contributed by atoms with Crippen LogP contribution >= 0.6 is 0 Å². The lowest BCUT2D eigenvalue weighted by Crippen LogP contribution is -2.17. The highest BCUT2D eigenvalue weighted by Gasteiger charge is 1.98. The fourth-order valence-corrected chi connectivity index (χ4v) is 1.68. The summed E-state index contributed by atoms with van der Waals surface area (Å²) in [5, 5.41) is 3.26. The molecule has 0 bridgehead atoms. The largest absolute Gasteiger partial charge is 0.378 e. The molecule has 2 heterocycles. The number of anilines is 1. The quantitative estimate of drug-likeness (QED) is 0.895. The van der Waals surface area contributed by atoms with Crippen LogP contribution in [0.2, 0.25) is 0 Å². The first-order chi connectivity index (χ1) is 8.69. The maximum Gasteiger partial charge on any atom is 0.250 e. The third-order valence-corrected chi connectivity index (χ3v) is 2.77. The van der Waals surface area contributed by atoms with Gasteiger partial charge in [0.25, 0.3) is 5.56 Å². The average Bonchev–Trinajstić information content (AvgIpc) is 2.39. The molecule has 94 valence electrons. The number of aromatic nitrogens is 2. The van der Waals surface area contributed by atoms with Gasteiger partial charge in [-0.25, -0.2) is 0 Å². The second kappa shape index (κ2) is 5.49. The average molecular weight is 243 g/mol. The van der Waals surface area contributed by atoms with Crippen LogP contribution in [0.1, 0.15) is 18.2 Å². The Morgan fingerprint density at radius 3 is 2.78 bits per heavy atom. The molecule has 0 aromatic carbocycles. The van der Waals surface area contributed by atoms with Crippen molar-refractivity contribution in [2.24, 2.45) is 0 Å². The maximum atomic E-state index is 11.4. The Morgan fingerprint density at radius 1 is 1.28 bits per heavy atom. The van der Waals surface area contributed by atoms with Crippen molar-refractivity contribution < 1.29 is 0 Å². The fourth-order valence-electron chi connectivity index (χ4n) is 1.68. The SMILES string of the molecule is CCn1cc(NCc2ccc(C)cn2)ccc1=O. The Balaban J connectivity index is 2.06. The zero-order chi connectivity index (χ0) is 13.0. The minimum absolute atomic E-state index is 0.0245. The van der Waals surface area contributed by atoms with Gasteiger partial charge in [0.15, 0.2) is 0 Å². The molecule has 0 aliphatic carbocycles. The van der Waals surface area contributed by atoms with Crippen LogP contribution in [0.4, 0.5) is 5.69 Å². The predicted octanol–water partition coefficient (Wildman–Crippen LogP) is 2.18. The van der Waals surface area contributed by atoms with E-state index >= 15 is 0 Å². The van der Waals surface area contributed by atoms with E-state index in [2.05, 4.69) is 10.3 Å². The van der Waals surface area contributed by atoms with Crippen LogP contribution in [0.15, 0.2) is 41.5 Å². The topological polar surface area (TPSA) is 46.9 Å². The van der Waals surface area contributed by atoms with Gasteiger partial charge in [-0.05, 0) is 31.5 Å². The van der Waals surface area contributed by atoms with Gasteiger partial charge in [-0.3, -0.25) is 9.78 Å². The highest BCUT2D eigenvalue weighted by atomic mass is 16.1. The number of hydrogen-bond acceptors (Lipinski definition) is 3. The molecule has 0 saturated heterocycles. The third-order valence-electron chi connectivity index (χ3n) is 2.77. The summed E-state index contributed by atoms with van der Waals surface area (Å²) < 4.78 is 1.67. The van der Waals surface area contributed by atoms with Gasteiger partial charge in [0.2, 0.25) is 0 Å². The number of pyridine rings is 2. The van der Waals surface area contributed by atoms with Gasteiger partial charge in [-0.15, -0.1) is 0 Å². The Morgan fingerprint density at radius 2 is 2.11 bits per heavy atom. The monoisotopic (exact) mass is 243 g/mol. The van der Waals surface area contributed by atoms with Crippen molar-refractivity contribution in [1.29, 1.82) is 0 Å². The minimum atomic E-state index is 0.0245. The maximum absolute atomic E-state index is 11.4. The molecule has 1 N–H and O–H groups in total. The molecule has 0 aliphatic rings. The van der Waals surface area contributed by atoms with Crippen LogP contribution in [-0.4, -0.2) is 9.55 Å². The molecule has 0 radical (unpaired) electrons. The zero-order valence-corrected chi connectivity index (χ0v) is 10.7. The number of nitrogens with zero attached hydrogens (tertiary/aromatic N) is 2. The van der Waals surface area contributed by atoms with Gasteiger partial charge >= 0.3 is 0 Å². The number of rotatable bonds is 4. The molecule has 0 spiro atoms. The summed E-state index contributed by atoms with van der Waals surface area (Å²) in [5.41, 5.74) is 3.09. The van der Waals surface area contributed by atoms with E-state index in [0.29, 0.717) is 13.1 Å². The summed E-state index contributed by atoms with van der Waals surface area (Å²) in [6.45, 7) is 5.30. The van der Waals surface area contributed by atoms with Crippen molar-refractivity contribution in [2.45, 2.75) is 26.9 Å². The molecule has 2 aromatic rings. The van der Waals surface area contributed by atoms with Crippen LogP contribution in [0.3, 0.4) is 0 Å². The lowest BCUT2D eigenvalue weighted by molar-refractivity contribution is 0.727. The van der Waals surface area contributed by atoms with Crippen molar-refractivity contribution in [3.8, 4) is 0 Å². The van der Waals surface area contributed by atoms with E-state index < -0.39 is 0 Å². The molecular weight excluding hydrogens is 226 g/mol. The Hall–Kier alpha value is -2.10. The third kappa shape index (κ3) is 2.97. The molecule has 2 aromatic heterocycles. The Kier molecular flexibility index (Phi) is 3.77. The standard InChI is InChI=1S/C14H17N3O/c1-3-17-10-13(6-7-14(17)18)16-9-12-5-4-11(2)8-15-12/h4-8,10,16H,3,9H2,1-2H3. The molecule has 2 rings (SSSR count). The van der Waals surface area contributed by atoms with Crippen LogP contribution in [-0.2, 0) is 13.1 Å². The van der Waals surface area contributed by atoms with E-state index in [1.807, 2.05) is 38.4 Å². The first-order valence-corrected chi connectivity index (χ1v) is 6.05. The van der Waals surface area contributed by atoms with E-state index in [1.54, 1.807) is 16.7 Å². The van der Waals surface area contributed by atoms with Crippen molar-refractivity contribution in [1.82, 2.24) is 9.55 Å². The fraction of sp³-hybridized carbons (Fsp3) is 0.286. The first-order valence-electron chi connectivity index (χ1n) is 6.05. The van der Waals surface area contributed by atoms with Crippen LogP contribution in [0, 0.1) is 6.92 Å². The molecule has 0 saturated carbocycles. The molecule has 4 heteroatoms. The van der Waals surface area contributed by atoms with Crippen LogP contribution in [0.5, 0.6) is 0 Å². The summed E-state index contributed by atoms with van der Waals surface area (Å²) in [6, 6.07) is 7.41. The van der Waals surface area contributed by atoms with E-state index in [4.69, 9.17) is 0 Å². The highest BCUT2D eigenvalue weighted by molar-refractivity contribution is 5.40. The van der Waals surface area contributed by atoms with Crippen molar-refractivity contribution in [3.63, 3.8) is 0 Å². The molecule has 0 atom stereocenters. The van der Waals surface area contributed by atoms with Crippen molar-refractivity contribution in [2.75, 3.05) is 5.32 Å². The summed E-state index contributed by atoms with van der Waals surface area (Å²) in [6.07, 6.45) is 3.68. The van der Waals surface area contributed by atoms with Crippen molar-refractivity contribution in [3.05, 3.63) is 58.3 Å². The van der Waals surface area contributed by atoms with E-state index in [-0.39, 0.29) is 5.56 Å². The van der Waals surface area contributed by atoms with Gasteiger partial charge in [0.05, 0.1) is 17.9 Å². The molecule has 0 unspecified atom stereocenters. The van der Waals surface area contributed by atoms with Crippen molar-refractivity contribution >= 4 is 5.69 Å². The van der Waals surface area contributed by atoms with Gasteiger partial charge in [0.1, 0.15) is 0 Å². The predicted molar refractivity (Wildman–Crippen MR) is 72.7 cm³/mol. The van der Waals surface area contributed by atoms with E-state index in [9.17, 15) is 4.79 Å². The lowest BCUT2D eigenvalue weighted by Gasteiger charge is -2.08. The Bertz CT molecular complexity index is 572. The normalized spacial score (nSPS) is 10.3. The van der Waals surface area contributed by atoms with E-state index in [0.717, 1.165) is 16.9 Å². The molecule has 18 heavy (non-hydrogen) atoms. The van der Waals surface area contributed by atoms with Crippen LogP contribution in [0.25, 0.3) is 0 Å². The highest BCUT2D eigenvalue weighted by Crippen LogP contribution is 2.06. The molecule has 0 fully saturated rings. The molecule has 0 amide bonds. The Labute approximate surface area is 106 Å². The van der Waals surface area contributed by atoms with Gasteiger partial charge in [0, 0.05) is 25.0 Å². The second-order valence-corrected chi connectivity index (χ2v) is 4.22. The number of hydrogen-bond donors (Lipinski definition) is 1. The second-order valence-electron chi connectivity index (χ2n) is 4.22. The summed E-state index contributed by atoms with van der Waals surface area (Å²) >= 11 is 0. The zero-order valence-electron chi connectivity index (χ0n) is 10.7. The van der Waals surface area contributed by atoms with Gasteiger partial charge in [-0.1, -0.05) is 6.07 Å². The lowest BCUT2D eigenvalue weighted by atomic mass is 10.2. The summed E-state index contributed by atoms with van der Waals surface area (Å²) in [7, 11) is 0. The molecule has 0 aliphatic heterocycles. The smallest absolute Gasteiger partial charge is 0.250 e. The molecular formula is C14H17N3O. The first kappa shape index (κ1) is 12.4. The van der Waals surface area contributed by atoms with Gasteiger partial charge < -0.3 is 9.88 Å². The molecule has 4 nitrogen and oxygen atoms in total. The summed E-state index contributed by atoms with van der Waals surface area (Å²) in [4.78, 5) is 15.8. The number of aryl methyl sites for hydroxylation is 2.